The van der Waals surface area contributed by atoms with Crippen LogP contribution in [0.15, 0.2) is 279 Å². The Kier molecular flexibility index (Phi) is 11.0. The molecule has 406 valence electrons. The fraction of sp³-hybridized carbons (Fsp3) is 0.0732. The van der Waals surface area contributed by atoms with Gasteiger partial charge in [0.25, 0.3) is 0 Å². The summed E-state index contributed by atoms with van der Waals surface area (Å²) in [6.07, 6.45) is 0. The fourth-order valence-corrected chi connectivity index (χ4v) is 14.6. The van der Waals surface area contributed by atoms with Gasteiger partial charge in [0.15, 0.2) is 0 Å². The Morgan fingerprint density at radius 2 is 0.674 bits per heavy atom. The minimum atomic E-state index is -0.127. The van der Waals surface area contributed by atoms with Crippen LogP contribution in [0.2, 0.25) is 0 Å². The summed E-state index contributed by atoms with van der Waals surface area (Å²) >= 11 is 0. The third kappa shape index (κ3) is 7.62. The molecule has 2 aliphatic rings. The smallest absolute Gasteiger partial charge is 0.235 e. The lowest BCUT2D eigenvalue weighted by Gasteiger charge is -2.22. The van der Waals surface area contributed by atoms with E-state index in [9.17, 15) is 0 Å². The van der Waals surface area contributed by atoms with Crippen LogP contribution in [0.5, 0.6) is 0 Å². The predicted octanol–water partition coefficient (Wildman–Crippen LogP) is 21.3. The van der Waals surface area contributed by atoms with Crippen molar-refractivity contribution in [3.8, 4) is 101 Å². The number of aromatic nitrogens is 4. The van der Waals surface area contributed by atoms with Crippen LogP contribution in [0.3, 0.4) is 0 Å². The second kappa shape index (κ2) is 18.9. The van der Waals surface area contributed by atoms with Crippen LogP contribution in [0.1, 0.15) is 49.9 Å². The summed E-state index contributed by atoms with van der Waals surface area (Å²) in [4.78, 5) is 11.5. The average molecular weight is 1100 g/mol. The lowest BCUT2D eigenvalue weighted by Crippen LogP contribution is -2.14. The van der Waals surface area contributed by atoms with Crippen LogP contribution in [-0.2, 0) is 10.8 Å². The van der Waals surface area contributed by atoms with E-state index >= 15 is 0 Å². The first kappa shape index (κ1) is 49.9. The Hall–Kier alpha value is -10.7. The molecule has 0 fully saturated rings. The number of nitrogens with zero attached hydrogens (tertiary/aromatic N) is 4. The highest BCUT2D eigenvalue weighted by Crippen LogP contribution is 2.52. The van der Waals surface area contributed by atoms with Gasteiger partial charge in [-0.3, -0.25) is 4.57 Å². The summed E-state index contributed by atoms with van der Waals surface area (Å²) in [5, 5.41) is 4.71. The van der Waals surface area contributed by atoms with Gasteiger partial charge in [0.1, 0.15) is 0 Å². The molecule has 0 spiro atoms. The molecule has 17 rings (SSSR count). The molecule has 4 heteroatoms. The van der Waals surface area contributed by atoms with E-state index < -0.39 is 0 Å². The van der Waals surface area contributed by atoms with E-state index in [1.54, 1.807) is 0 Å². The van der Waals surface area contributed by atoms with E-state index in [4.69, 9.17) is 9.97 Å². The van der Waals surface area contributed by atoms with Gasteiger partial charge in [-0.15, -0.1) is 0 Å². The Labute approximate surface area is 500 Å². The molecule has 12 aromatic carbocycles. The zero-order valence-electron chi connectivity index (χ0n) is 48.3. The molecule has 3 heterocycles. The molecule has 0 unspecified atom stereocenters. The molecular formula is C82H58N4. The molecule has 0 N–H and O–H groups in total. The molecule has 4 nitrogen and oxygen atoms in total. The van der Waals surface area contributed by atoms with E-state index in [2.05, 4.69) is 316 Å². The highest BCUT2D eigenvalue weighted by Gasteiger charge is 2.37. The lowest BCUT2D eigenvalue weighted by atomic mass is 9.81. The largest absolute Gasteiger partial charge is 0.309 e. The molecule has 0 amide bonds. The minimum absolute atomic E-state index is 0.103. The summed E-state index contributed by atoms with van der Waals surface area (Å²) in [7, 11) is 0. The summed E-state index contributed by atoms with van der Waals surface area (Å²) in [6, 6.07) is 103. The summed E-state index contributed by atoms with van der Waals surface area (Å²) in [5.41, 5.74) is 28.8. The van der Waals surface area contributed by atoms with Crippen molar-refractivity contribution in [3.63, 3.8) is 0 Å². The van der Waals surface area contributed by atoms with Crippen molar-refractivity contribution in [2.75, 3.05) is 0 Å². The maximum Gasteiger partial charge on any atom is 0.235 e. The first-order valence-electron chi connectivity index (χ1n) is 30.0. The van der Waals surface area contributed by atoms with E-state index in [0.29, 0.717) is 5.95 Å². The number of hydrogen-bond donors (Lipinski definition) is 0. The predicted molar refractivity (Wildman–Crippen MR) is 358 cm³/mol. The summed E-state index contributed by atoms with van der Waals surface area (Å²) in [5.74, 6) is 0.600. The molecule has 0 saturated heterocycles. The second-order valence-corrected chi connectivity index (χ2v) is 24.5. The summed E-state index contributed by atoms with van der Waals surface area (Å²) < 4.78 is 4.74. The first-order valence-corrected chi connectivity index (χ1v) is 30.0. The third-order valence-electron chi connectivity index (χ3n) is 19.0. The van der Waals surface area contributed by atoms with Gasteiger partial charge in [-0.2, -0.15) is 0 Å². The highest BCUT2D eigenvalue weighted by molar-refractivity contribution is 6.11. The van der Waals surface area contributed by atoms with Crippen molar-refractivity contribution < 1.29 is 0 Å². The number of fused-ring (bicyclic) bond motifs is 12. The quantitative estimate of drug-likeness (QED) is 0.152. The molecule has 0 radical (unpaired) electrons. The molecule has 0 saturated carbocycles. The van der Waals surface area contributed by atoms with E-state index in [1.165, 1.54) is 72.0 Å². The zero-order chi connectivity index (χ0) is 57.4. The second-order valence-electron chi connectivity index (χ2n) is 24.5. The van der Waals surface area contributed by atoms with E-state index in [-0.39, 0.29) is 10.8 Å². The Morgan fingerprint density at radius 3 is 1.28 bits per heavy atom. The first-order chi connectivity index (χ1) is 42.1. The average Bonchev–Trinajstić information content (AvgIpc) is 1.93. The molecule has 0 aliphatic heterocycles. The van der Waals surface area contributed by atoms with Crippen molar-refractivity contribution in [1.29, 1.82) is 0 Å². The van der Waals surface area contributed by atoms with Crippen LogP contribution >= 0.6 is 0 Å². The Balaban J connectivity index is 0.871. The van der Waals surface area contributed by atoms with Gasteiger partial charge in [-0.05, 0) is 150 Å². The topological polar surface area (TPSA) is 35.6 Å². The maximum atomic E-state index is 5.77. The standard InChI is InChI=1S/C82H58N4/c1-81(2)70-30-15-11-26-61(70)63-40-35-54(46-72(63)81)56-37-42-67-65-28-13-17-32-76(65)85(78(67)48-56)59-25-19-24-58(44-59)74-50-75(69-45-53(51-20-7-5-8-21-51)34-39-60(69)52-22-9-6-10-23-52)84-80(83-74)86-77-33-18-14-29-66(77)68-43-38-57(49-79(68)86)55-36-41-64-62-27-12-16-31-71(62)82(3,4)73(64)47-55/h5-50H,1-4H3. The van der Waals surface area contributed by atoms with E-state index in [1.807, 2.05) is 0 Å². The van der Waals surface area contributed by atoms with Crippen molar-refractivity contribution in [2.24, 2.45) is 0 Å². The van der Waals surface area contributed by atoms with Gasteiger partial charge < -0.3 is 4.57 Å². The van der Waals surface area contributed by atoms with Crippen molar-refractivity contribution in [3.05, 3.63) is 301 Å². The SMILES string of the molecule is CC1(C)c2ccccc2-c2ccc(-c3ccc4c5ccccc5n(-c5cccc(-c6cc(-c7cc(-c8ccccc8)ccc7-c7ccccc7)nc(-n7c8ccccc8c8ccc(-c9ccc%10c(c9)C(C)(C)c9ccccc9-%10)cc87)n6)c5)c4c3)cc21. The number of benzene rings is 12. The van der Waals surface area contributed by atoms with E-state index in [0.717, 1.165) is 88.9 Å². The van der Waals surface area contributed by atoms with Crippen molar-refractivity contribution in [2.45, 2.75) is 38.5 Å². The molecule has 15 aromatic rings. The van der Waals surface area contributed by atoms with Gasteiger partial charge >= 0.3 is 0 Å². The van der Waals surface area contributed by atoms with Crippen molar-refractivity contribution >= 4 is 43.6 Å². The lowest BCUT2D eigenvalue weighted by molar-refractivity contribution is 0.660. The molecule has 2 aliphatic carbocycles. The Bertz CT molecular complexity index is 5290. The van der Waals surface area contributed by atoms with Gasteiger partial charge in [0.2, 0.25) is 5.95 Å². The van der Waals surface area contributed by atoms with Gasteiger partial charge in [0.05, 0.1) is 33.5 Å². The van der Waals surface area contributed by atoms with Crippen LogP contribution in [0.4, 0.5) is 0 Å². The van der Waals surface area contributed by atoms with Crippen LogP contribution in [0.25, 0.3) is 145 Å². The third-order valence-corrected chi connectivity index (χ3v) is 19.0. The van der Waals surface area contributed by atoms with Crippen molar-refractivity contribution in [1.82, 2.24) is 19.1 Å². The monoisotopic (exact) mass is 1100 g/mol. The number of rotatable bonds is 8. The molecule has 3 aromatic heterocycles. The number of para-hydroxylation sites is 2. The molecule has 86 heavy (non-hydrogen) atoms. The van der Waals surface area contributed by atoms with Crippen LogP contribution in [0, 0.1) is 0 Å². The zero-order valence-corrected chi connectivity index (χ0v) is 48.3. The van der Waals surface area contributed by atoms with Gasteiger partial charge in [0, 0.05) is 49.2 Å². The van der Waals surface area contributed by atoms with Crippen LogP contribution < -0.4 is 0 Å². The summed E-state index contributed by atoms with van der Waals surface area (Å²) in [6.45, 7) is 9.43. The minimum Gasteiger partial charge on any atom is -0.309 e. The highest BCUT2D eigenvalue weighted by atomic mass is 15.2. The number of hydrogen-bond acceptors (Lipinski definition) is 2. The van der Waals surface area contributed by atoms with Gasteiger partial charge in [-0.25, -0.2) is 9.97 Å². The maximum absolute atomic E-state index is 5.77. The normalized spacial score (nSPS) is 13.5. The molecule has 0 bridgehead atoms. The molecular weight excluding hydrogens is 1040 g/mol. The fourth-order valence-electron chi connectivity index (χ4n) is 14.6. The van der Waals surface area contributed by atoms with Crippen LogP contribution in [-0.4, -0.2) is 19.1 Å². The molecule has 0 atom stereocenters. The Morgan fingerprint density at radius 1 is 0.244 bits per heavy atom. The van der Waals surface area contributed by atoms with Gasteiger partial charge in [-0.1, -0.05) is 246 Å².